The molecule has 5 rings (SSSR count). The number of nitrogens with one attached hydrogen (secondary N) is 1. The summed E-state index contributed by atoms with van der Waals surface area (Å²) in [5.74, 6) is 0.850. The molecule has 2 N–H and O–H groups in total. The lowest BCUT2D eigenvalue weighted by molar-refractivity contribution is 0.0729. The Hall–Kier alpha value is -4.17. The second kappa shape index (κ2) is 9.47. The molecule has 1 atom stereocenters. The average Bonchev–Trinajstić information content (AvgIpc) is 3.44. The molecule has 1 aliphatic rings. The van der Waals surface area contributed by atoms with Crippen LogP contribution in [0.4, 0.5) is 0 Å². The number of aromatic nitrogens is 2. The van der Waals surface area contributed by atoms with Crippen molar-refractivity contribution in [2.24, 2.45) is 0 Å². The first-order chi connectivity index (χ1) is 17.5. The molecular weight excluding hydrogens is 482 g/mol. The number of amides is 1. The van der Waals surface area contributed by atoms with Gasteiger partial charge in [-0.05, 0) is 53.6 Å². The van der Waals surface area contributed by atoms with Crippen LogP contribution in [0.3, 0.4) is 0 Å². The van der Waals surface area contributed by atoms with Crippen molar-refractivity contribution in [2.75, 3.05) is 21.3 Å². The number of carbonyl (C=O) groups excluding carboxylic acids is 1. The molecule has 1 aliphatic heterocycles. The summed E-state index contributed by atoms with van der Waals surface area (Å²) < 4.78 is 16.1. The van der Waals surface area contributed by atoms with Crippen LogP contribution in [0.15, 0.2) is 60.7 Å². The third-order valence-corrected chi connectivity index (χ3v) is 6.71. The van der Waals surface area contributed by atoms with Crippen LogP contribution in [0, 0.1) is 0 Å². The SMILES string of the molecule is COc1ccc(-c2n[nH]c3c2C(c2cc(OC)c(O)c(OC)c2)N(Cc2ccccc2Cl)C3=O)cc1. The number of phenols is 1. The molecule has 9 heteroatoms. The van der Waals surface area contributed by atoms with Gasteiger partial charge in [-0.15, -0.1) is 0 Å². The fourth-order valence-electron chi connectivity index (χ4n) is 4.56. The molecule has 0 bridgehead atoms. The van der Waals surface area contributed by atoms with Crippen molar-refractivity contribution in [3.05, 3.63) is 88.1 Å². The highest BCUT2D eigenvalue weighted by atomic mass is 35.5. The number of aromatic hydroxyl groups is 1. The quantitative estimate of drug-likeness (QED) is 0.358. The van der Waals surface area contributed by atoms with E-state index in [1.165, 1.54) is 14.2 Å². The lowest BCUT2D eigenvalue weighted by Crippen LogP contribution is -2.29. The number of aromatic amines is 1. The molecule has 0 radical (unpaired) electrons. The van der Waals surface area contributed by atoms with Crippen LogP contribution in [0.1, 0.15) is 33.2 Å². The van der Waals surface area contributed by atoms with Gasteiger partial charge in [0.1, 0.15) is 11.4 Å². The van der Waals surface area contributed by atoms with Crippen LogP contribution in [0.5, 0.6) is 23.0 Å². The van der Waals surface area contributed by atoms with Crippen LogP contribution in [0.25, 0.3) is 11.3 Å². The third-order valence-electron chi connectivity index (χ3n) is 6.34. The summed E-state index contributed by atoms with van der Waals surface area (Å²) in [6.45, 7) is 0.263. The minimum Gasteiger partial charge on any atom is -0.502 e. The molecule has 184 valence electrons. The molecule has 0 aliphatic carbocycles. The number of methoxy groups -OCH3 is 3. The zero-order valence-corrected chi connectivity index (χ0v) is 20.7. The zero-order valence-electron chi connectivity index (χ0n) is 19.9. The minimum absolute atomic E-state index is 0.117. The molecule has 0 saturated heterocycles. The maximum absolute atomic E-state index is 13.7. The van der Waals surface area contributed by atoms with E-state index in [1.807, 2.05) is 42.5 Å². The Morgan fingerprint density at radius 1 is 1.00 bits per heavy atom. The van der Waals surface area contributed by atoms with Crippen molar-refractivity contribution < 1.29 is 24.1 Å². The molecule has 0 spiro atoms. The second-order valence-electron chi connectivity index (χ2n) is 8.29. The Labute approximate surface area is 213 Å². The highest BCUT2D eigenvalue weighted by Gasteiger charge is 2.43. The Bertz CT molecular complexity index is 1410. The van der Waals surface area contributed by atoms with Crippen LogP contribution in [0.2, 0.25) is 5.02 Å². The Kier molecular flexibility index (Phi) is 6.20. The monoisotopic (exact) mass is 505 g/mol. The number of fused-ring (bicyclic) bond motifs is 1. The fraction of sp³-hybridized carbons (Fsp3) is 0.185. The van der Waals surface area contributed by atoms with Crippen molar-refractivity contribution in [1.82, 2.24) is 15.1 Å². The summed E-state index contributed by atoms with van der Waals surface area (Å²) in [6.07, 6.45) is 0. The van der Waals surface area contributed by atoms with Gasteiger partial charge in [0.2, 0.25) is 5.75 Å². The number of H-pyrrole nitrogens is 1. The van der Waals surface area contributed by atoms with Gasteiger partial charge in [0.05, 0.1) is 33.1 Å². The van der Waals surface area contributed by atoms with E-state index in [0.29, 0.717) is 33.3 Å². The second-order valence-corrected chi connectivity index (χ2v) is 8.70. The smallest absolute Gasteiger partial charge is 0.273 e. The van der Waals surface area contributed by atoms with Crippen LogP contribution >= 0.6 is 11.6 Å². The normalized spacial score (nSPS) is 14.6. The summed E-state index contributed by atoms with van der Waals surface area (Å²) in [5, 5.41) is 18.5. The first-order valence-electron chi connectivity index (χ1n) is 11.2. The van der Waals surface area contributed by atoms with Gasteiger partial charge < -0.3 is 24.2 Å². The minimum atomic E-state index is -0.553. The van der Waals surface area contributed by atoms with Gasteiger partial charge in [0, 0.05) is 22.7 Å². The number of carbonyl (C=O) groups is 1. The third kappa shape index (κ3) is 3.89. The molecule has 1 aromatic heterocycles. The molecule has 2 heterocycles. The molecule has 3 aromatic carbocycles. The predicted octanol–water partition coefficient (Wildman–Crippen LogP) is 5.21. The summed E-state index contributed by atoms with van der Waals surface area (Å²) >= 11 is 6.46. The van der Waals surface area contributed by atoms with E-state index in [0.717, 1.165) is 11.1 Å². The van der Waals surface area contributed by atoms with Crippen LogP contribution in [-0.4, -0.2) is 47.4 Å². The van der Waals surface area contributed by atoms with Crippen molar-refractivity contribution in [1.29, 1.82) is 0 Å². The molecule has 8 nitrogen and oxygen atoms in total. The maximum Gasteiger partial charge on any atom is 0.273 e. The molecule has 4 aromatic rings. The highest BCUT2D eigenvalue weighted by Crippen LogP contribution is 2.47. The topological polar surface area (TPSA) is 96.9 Å². The number of rotatable bonds is 7. The van der Waals surface area contributed by atoms with E-state index in [2.05, 4.69) is 10.2 Å². The Balaban J connectivity index is 1.69. The van der Waals surface area contributed by atoms with E-state index < -0.39 is 6.04 Å². The Morgan fingerprint density at radius 3 is 2.28 bits per heavy atom. The number of phenolic OH excluding ortho intramolecular Hbond substituents is 1. The highest BCUT2D eigenvalue weighted by molar-refractivity contribution is 6.31. The van der Waals surface area contributed by atoms with E-state index in [4.69, 9.17) is 25.8 Å². The number of benzene rings is 3. The molecule has 36 heavy (non-hydrogen) atoms. The average molecular weight is 506 g/mol. The maximum atomic E-state index is 13.7. The number of nitrogens with zero attached hydrogens (tertiary/aromatic N) is 2. The van der Waals surface area contributed by atoms with E-state index >= 15 is 0 Å². The van der Waals surface area contributed by atoms with Crippen molar-refractivity contribution in [3.8, 4) is 34.3 Å². The summed E-state index contributed by atoms with van der Waals surface area (Å²) in [6, 6.07) is 17.7. The molecular formula is C27H24ClN3O5. The van der Waals surface area contributed by atoms with Crippen molar-refractivity contribution >= 4 is 17.5 Å². The Morgan fingerprint density at radius 2 is 1.67 bits per heavy atom. The standard InChI is InChI=1S/C27H24ClN3O5/c1-34-18-10-8-15(9-11-18)23-22-24(30-29-23)27(33)31(14-16-6-4-5-7-19(16)28)25(22)17-12-20(35-2)26(32)21(13-17)36-3/h4-13,25,32H,14H2,1-3H3,(H,29,30). The van der Waals surface area contributed by atoms with Crippen molar-refractivity contribution in [3.63, 3.8) is 0 Å². The van der Waals surface area contributed by atoms with Crippen LogP contribution < -0.4 is 14.2 Å². The van der Waals surface area contributed by atoms with Gasteiger partial charge in [0.15, 0.2) is 11.5 Å². The van der Waals surface area contributed by atoms with Crippen molar-refractivity contribution in [2.45, 2.75) is 12.6 Å². The number of ether oxygens (including phenoxy) is 3. The van der Waals surface area contributed by atoms with E-state index in [1.54, 1.807) is 30.2 Å². The largest absolute Gasteiger partial charge is 0.502 e. The molecule has 1 amide bonds. The number of halogens is 1. The number of hydrogen-bond donors (Lipinski definition) is 2. The summed E-state index contributed by atoms with van der Waals surface area (Å²) in [4.78, 5) is 15.4. The van der Waals surface area contributed by atoms with Gasteiger partial charge in [-0.1, -0.05) is 29.8 Å². The summed E-state index contributed by atoms with van der Waals surface area (Å²) in [5.41, 5.74) is 4.06. The molecule has 0 fully saturated rings. The fourth-order valence-corrected chi connectivity index (χ4v) is 4.75. The molecule has 0 saturated carbocycles. The first kappa shape index (κ1) is 23.6. The lowest BCUT2D eigenvalue weighted by atomic mass is 9.95. The predicted molar refractivity (Wildman–Crippen MR) is 135 cm³/mol. The van der Waals surface area contributed by atoms with Gasteiger partial charge in [-0.2, -0.15) is 5.10 Å². The van der Waals surface area contributed by atoms with Gasteiger partial charge in [-0.3, -0.25) is 9.89 Å². The summed E-state index contributed by atoms with van der Waals surface area (Å²) in [7, 11) is 4.53. The van der Waals surface area contributed by atoms with Crippen LogP contribution in [-0.2, 0) is 6.54 Å². The molecule has 1 unspecified atom stereocenters. The van der Waals surface area contributed by atoms with E-state index in [-0.39, 0.29) is 29.7 Å². The van der Waals surface area contributed by atoms with Gasteiger partial charge in [0.25, 0.3) is 5.91 Å². The van der Waals surface area contributed by atoms with Gasteiger partial charge in [-0.25, -0.2) is 0 Å². The van der Waals surface area contributed by atoms with E-state index in [9.17, 15) is 9.90 Å². The zero-order chi connectivity index (χ0) is 25.4. The first-order valence-corrected chi connectivity index (χ1v) is 11.6. The van der Waals surface area contributed by atoms with Gasteiger partial charge >= 0.3 is 0 Å². The number of hydrogen-bond acceptors (Lipinski definition) is 6. The lowest BCUT2D eigenvalue weighted by Gasteiger charge is -2.27.